The van der Waals surface area contributed by atoms with Crippen LogP contribution in [0.5, 0.6) is 0 Å². The second kappa shape index (κ2) is 16.2. The summed E-state index contributed by atoms with van der Waals surface area (Å²) >= 11 is 0. The molecule has 0 N–H and O–H groups in total. The number of anilines is 3. The molecule has 4 nitrogen and oxygen atoms in total. The van der Waals surface area contributed by atoms with E-state index in [1.165, 1.54) is 44.5 Å². The van der Waals surface area contributed by atoms with Crippen molar-refractivity contribution >= 4 is 17.1 Å². The van der Waals surface area contributed by atoms with E-state index in [1.807, 2.05) is 18.6 Å². The van der Waals surface area contributed by atoms with Gasteiger partial charge in [-0.15, -0.1) is 0 Å². The van der Waals surface area contributed by atoms with Gasteiger partial charge in [-0.25, -0.2) is 0 Å². The highest BCUT2D eigenvalue weighted by Gasteiger charge is 2.20. The molecule has 0 aliphatic rings. The highest BCUT2D eigenvalue weighted by atomic mass is 15.2. The van der Waals surface area contributed by atoms with Crippen LogP contribution in [-0.4, -0.2) is 15.0 Å². The number of aryl methyl sites for hydroxylation is 4. The average Bonchev–Trinajstić information content (AvgIpc) is 3.29. The summed E-state index contributed by atoms with van der Waals surface area (Å²) in [6.45, 7) is 8.49. The van der Waals surface area contributed by atoms with Crippen molar-refractivity contribution in [2.45, 2.75) is 27.7 Å². The lowest BCUT2D eigenvalue weighted by atomic mass is 9.96. The van der Waals surface area contributed by atoms with E-state index in [-0.39, 0.29) is 0 Å². The van der Waals surface area contributed by atoms with Crippen LogP contribution in [-0.2, 0) is 0 Å². The first-order valence-corrected chi connectivity index (χ1v) is 20.1. The molecule has 59 heavy (non-hydrogen) atoms. The molecule has 4 heteroatoms. The van der Waals surface area contributed by atoms with Gasteiger partial charge in [-0.2, -0.15) is 0 Å². The van der Waals surface area contributed by atoms with Gasteiger partial charge in [-0.1, -0.05) is 133 Å². The quantitative estimate of drug-likeness (QED) is 0.147. The lowest BCUT2D eigenvalue weighted by molar-refractivity contribution is 1.12. The molecule has 0 bridgehead atoms. The van der Waals surface area contributed by atoms with E-state index in [0.29, 0.717) is 0 Å². The van der Waals surface area contributed by atoms with Crippen LogP contribution >= 0.6 is 0 Å². The van der Waals surface area contributed by atoms with Crippen molar-refractivity contribution < 1.29 is 0 Å². The third kappa shape index (κ3) is 7.69. The molecule has 0 spiro atoms. The number of hydrogen-bond acceptors (Lipinski definition) is 4. The van der Waals surface area contributed by atoms with Crippen LogP contribution in [0.1, 0.15) is 22.4 Å². The van der Waals surface area contributed by atoms with E-state index in [4.69, 9.17) is 15.0 Å². The molecule has 0 fully saturated rings. The minimum atomic E-state index is 0.918. The molecule has 9 rings (SSSR count). The molecule has 0 amide bonds. The van der Waals surface area contributed by atoms with Gasteiger partial charge < -0.3 is 4.90 Å². The fraction of sp³-hybridized carbons (Fsp3) is 0.0727. The zero-order valence-electron chi connectivity index (χ0n) is 33.8. The largest absolute Gasteiger partial charge is 0.308 e. The summed E-state index contributed by atoms with van der Waals surface area (Å²) in [5.74, 6) is 0. The predicted octanol–water partition coefficient (Wildman–Crippen LogP) is 14.6. The molecule has 0 unspecified atom stereocenters. The van der Waals surface area contributed by atoms with Gasteiger partial charge in [0.05, 0.1) is 22.8 Å². The molecule has 3 aromatic heterocycles. The van der Waals surface area contributed by atoms with Gasteiger partial charge in [0.1, 0.15) is 0 Å². The molecule has 284 valence electrons. The van der Waals surface area contributed by atoms with Crippen molar-refractivity contribution in [3.8, 4) is 67.0 Å². The number of hydrogen-bond donors (Lipinski definition) is 0. The average molecular weight is 761 g/mol. The van der Waals surface area contributed by atoms with E-state index in [2.05, 4.69) is 209 Å². The lowest BCUT2D eigenvalue weighted by Gasteiger charge is -2.29. The summed E-state index contributed by atoms with van der Waals surface area (Å²) in [4.78, 5) is 17.0. The fourth-order valence-corrected chi connectivity index (χ4v) is 7.97. The Kier molecular flexibility index (Phi) is 10.2. The van der Waals surface area contributed by atoms with Gasteiger partial charge in [-0.05, 0) is 131 Å². The maximum absolute atomic E-state index is 4.96. The summed E-state index contributed by atoms with van der Waals surface area (Å²) in [6.07, 6.45) is 5.85. The maximum atomic E-state index is 4.96. The third-order valence-electron chi connectivity index (χ3n) is 11.1. The summed E-state index contributed by atoms with van der Waals surface area (Å²) < 4.78 is 0. The zero-order valence-corrected chi connectivity index (χ0v) is 33.8. The van der Waals surface area contributed by atoms with Gasteiger partial charge in [-0.3, -0.25) is 15.0 Å². The van der Waals surface area contributed by atoms with Gasteiger partial charge in [0.15, 0.2) is 0 Å². The summed E-state index contributed by atoms with van der Waals surface area (Å²) in [7, 11) is 0. The third-order valence-corrected chi connectivity index (χ3v) is 11.1. The van der Waals surface area contributed by atoms with Crippen molar-refractivity contribution in [2.75, 3.05) is 4.90 Å². The Bertz CT molecular complexity index is 2700. The van der Waals surface area contributed by atoms with E-state index < -0.39 is 0 Å². The molecular weight excluding hydrogens is 717 g/mol. The molecule has 0 saturated carbocycles. The summed E-state index contributed by atoms with van der Waals surface area (Å²) in [5.41, 5.74) is 20.8. The SMILES string of the molecule is Cc1cnc(-c2cccc(N(c3cccc(-c4cc(-c5ccc(-c6ccccc6)cc5)c(C)cn4)c3)c3c(C)ccnc3C)c2)cc1-c1ccc(-c2ccccc2)cc1. The standard InChI is InChI=1S/C55H44N4/c1-37-29-30-56-40(4)55(37)59(49-19-11-17-47(31-49)53-33-51(38(2)35-57-53)45-25-21-43(22-26-45)41-13-7-5-8-14-41)50-20-12-18-48(32-50)54-34-52(39(3)36-58-54)46-27-23-44(24-28-46)42-15-9-6-10-16-42/h5-36H,1-4H3. The number of nitrogens with zero attached hydrogens (tertiary/aromatic N) is 4. The van der Waals surface area contributed by atoms with Crippen molar-refractivity contribution in [1.29, 1.82) is 0 Å². The number of rotatable bonds is 9. The normalized spacial score (nSPS) is 11.1. The van der Waals surface area contributed by atoms with Crippen molar-refractivity contribution in [2.24, 2.45) is 0 Å². The van der Waals surface area contributed by atoms with E-state index in [1.54, 1.807) is 0 Å². The highest BCUT2D eigenvalue weighted by Crippen LogP contribution is 2.41. The van der Waals surface area contributed by atoms with Crippen LogP contribution in [0, 0.1) is 27.7 Å². The van der Waals surface area contributed by atoms with Gasteiger partial charge in [0, 0.05) is 41.1 Å². The Morgan fingerprint density at radius 3 is 1.19 bits per heavy atom. The van der Waals surface area contributed by atoms with E-state index in [9.17, 15) is 0 Å². The Morgan fingerprint density at radius 1 is 0.339 bits per heavy atom. The van der Waals surface area contributed by atoms with Crippen LogP contribution in [0.3, 0.4) is 0 Å². The predicted molar refractivity (Wildman–Crippen MR) is 246 cm³/mol. The first-order chi connectivity index (χ1) is 28.9. The second-order valence-corrected chi connectivity index (χ2v) is 15.2. The number of aromatic nitrogens is 3. The summed E-state index contributed by atoms with van der Waals surface area (Å²) in [6, 6.07) is 62.5. The van der Waals surface area contributed by atoms with Crippen molar-refractivity contribution in [3.05, 3.63) is 217 Å². The van der Waals surface area contributed by atoms with Crippen LogP contribution in [0.2, 0.25) is 0 Å². The number of benzene rings is 6. The van der Waals surface area contributed by atoms with Crippen molar-refractivity contribution in [1.82, 2.24) is 15.0 Å². The molecule has 6 aromatic carbocycles. The van der Waals surface area contributed by atoms with Crippen LogP contribution < -0.4 is 4.90 Å². The topological polar surface area (TPSA) is 41.9 Å². The zero-order chi connectivity index (χ0) is 40.3. The van der Waals surface area contributed by atoms with Gasteiger partial charge in [0.25, 0.3) is 0 Å². The molecule has 0 saturated heterocycles. The molecule has 3 heterocycles. The van der Waals surface area contributed by atoms with E-state index in [0.717, 1.165) is 62.0 Å². The Labute approximate surface area is 347 Å². The molecular formula is C55H44N4. The minimum Gasteiger partial charge on any atom is -0.308 e. The molecule has 0 aliphatic heterocycles. The van der Waals surface area contributed by atoms with Crippen molar-refractivity contribution in [3.63, 3.8) is 0 Å². The highest BCUT2D eigenvalue weighted by molar-refractivity contribution is 5.85. The van der Waals surface area contributed by atoms with E-state index >= 15 is 0 Å². The Morgan fingerprint density at radius 2 is 0.746 bits per heavy atom. The lowest BCUT2D eigenvalue weighted by Crippen LogP contribution is -2.14. The number of pyridine rings is 3. The monoisotopic (exact) mass is 760 g/mol. The first-order valence-electron chi connectivity index (χ1n) is 20.1. The maximum Gasteiger partial charge on any atom is 0.0709 e. The summed E-state index contributed by atoms with van der Waals surface area (Å²) in [5, 5.41) is 0. The molecule has 0 aliphatic carbocycles. The first kappa shape index (κ1) is 37.2. The second-order valence-electron chi connectivity index (χ2n) is 15.2. The Balaban J connectivity index is 1.08. The van der Waals surface area contributed by atoms with Crippen LogP contribution in [0.15, 0.2) is 195 Å². The van der Waals surface area contributed by atoms with Gasteiger partial charge in [0.2, 0.25) is 0 Å². The molecule has 0 atom stereocenters. The van der Waals surface area contributed by atoms with Gasteiger partial charge >= 0.3 is 0 Å². The smallest absolute Gasteiger partial charge is 0.0709 e. The van der Waals surface area contributed by atoms with Crippen LogP contribution in [0.4, 0.5) is 17.1 Å². The van der Waals surface area contributed by atoms with Crippen LogP contribution in [0.25, 0.3) is 67.0 Å². The Hall–Kier alpha value is -7.43. The fourth-order valence-electron chi connectivity index (χ4n) is 7.97. The molecule has 0 radical (unpaired) electrons. The minimum absolute atomic E-state index is 0.918. The molecule has 9 aromatic rings.